The molecule has 4 heteroatoms. The summed E-state index contributed by atoms with van der Waals surface area (Å²) < 4.78 is 0. The van der Waals surface area contributed by atoms with Gasteiger partial charge in [-0.15, -0.1) is 0 Å². The minimum atomic E-state index is -1.03. The molecule has 1 aromatic carbocycles. The highest BCUT2D eigenvalue weighted by molar-refractivity contribution is 9.09. The number of carbonyl (C=O) groups is 1. The number of alkyl halides is 1. The van der Waals surface area contributed by atoms with Crippen molar-refractivity contribution in [2.45, 2.75) is 0 Å². The van der Waals surface area contributed by atoms with Crippen molar-refractivity contribution >= 4 is 27.6 Å². The third kappa shape index (κ3) is 2.51. The number of carboxylic acid groups (broad SMARTS) is 1. The van der Waals surface area contributed by atoms with Crippen LogP contribution in [0.4, 0.5) is 5.69 Å². The number of rotatable bonds is 1. The van der Waals surface area contributed by atoms with Crippen molar-refractivity contribution in [3.63, 3.8) is 0 Å². The van der Waals surface area contributed by atoms with Crippen LogP contribution in [-0.4, -0.2) is 16.4 Å². The zero-order valence-electron chi connectivity index (χ0n) is 7.25. The monoisotopic (exact) mass is 253 g/mol. The van der Waals surface area contributed by atoms with Gasteiger partial charge in [-0.25, -0.2) is 4.79 Å². The lowest BCUT2D eigenvalue weighted by Crippen LogP contribution is -2.02. The van der Waals surface area contributed by atoms with E-state index >= 15 is 0 Å². The SMILES string of the molecule is Nc1cc(C#CCBr)ccc1C(=O)O. The minimum absolute atomic E-state index is 0.106. The second-order valence-corrected chi connectivity index (χ2v) is 3.10. The Morgan fingerprint density at radius 1 is 1.57 bits per heavy atom. The maximum absolute atomic E-state index is 10.6. The molecule has 0 saturated carbocycles. The molecule has 1 rings (SSSR count). The molecule has 0 aliphatic heterocycles. The Labute approximate surface area is 90.1 Å². The number of halogens is 1. The summed E-state index contributed by atoms with van der Waals surface area (Å²) in [6, 6.07) is 4.64. The first-order chi connectivity index (χ1) is 6.65. The Morgan fingerprint density at radius 3 is 2.79 bits per heavy atom. The first kappa shape index (κ1) is 10.6. The average Bonchev–Trinajstić information content (AvgIpc) is 2.14. The van der Waals surface area contributed by atoms with E-state index in [9.17, 15) is 4.79 Å². The van der Waals surface area contributed by atoms with Gasteiger partial charge in [0.2, 0.25) is 0 Å². The molecule has 3 N–H and O–H groups in total. The number of hydrogen-bond acceptors (Lipinski definition) is 2. The van der Waals surface area contributed by atoms with Crippen molar-refractivity contribution < 1.29 is 9.90 Å². The molecule has 1 aromatic rings. The third-order valence-electron chi connectivity index (χ3n) is 1.58. The predicted octanol–water partition coefficient (Wildman–Crippen LogP) is 1.71. The summed E-state index contributed by atoms with van der Waals surface area (Å²) >= 11 is 3.16. The van der Waals surface area contributed by atoms with E-state index < -0.39 is 5.97 Å². The van der Waals surface area contributed by atoms with Crippen LogP contribution in [0.1, 0.15) is 15.9 Å². The number of aromatic carboxylic acids is 1. The Morgan fingerprint density at radius 2 is 2.29 bits per heavy atom. The maximum atomic E-state index is 10.6. The van der Waals surface area contributed by atoms with Crippen LogP contribution < -0.4 is 5.73 Å². The topological polar surface area (TPSA) is 63.3 Å². The smallest absolute Gasteiger partial charge is 0.337 e. The van der Waals surface area contributed by atoms with Gasteiger partial charge in [-0.05, 0) is 18.2 Å². The largest absolute Gasteiger partial charge is 0.478 e. The molecule has 72 valence electrons. The summed E-state index contributed by atoms with van der Waals surface area (Å²) in [5.41, 5.74) is 6.59. The van der Waals surface area contributed by atoms with Crippen molar-refractivity contribution in [3.8, 4) is 11.8 Å². The summed E-state index contributed by atoms with van der Waals surface area (Å²) in [7, 11) is 0. The zero-order valence-corrected chi connectivity index (χ0v) is 8.84. The van der Waals surface area contributed by atoms with Crippen molar-refractivity contribution in [3.05, 3.63) is 29.3 Å². The van der Waals surface area contributed by atoms with Gasteiger partial charge >= 0.3 is 5.97 Å². The first-order valence-electron chi connectivity index (χ1n) is 3.83. The molecular weight excluding hydrogens is 246 g/mol. The summed E-state index contributed by atoms with van der Waals surface area (Å²) in [6.45, 7) is 0. The molecule has 0 radical (unpaired) electrons. The summed E-state index contributed by atoms with van der Waals surface area (Å²) in [5, 5.41) is 9.29. The number of anilines is 1. The van der Waals surface area contributed by atoms with Gasteiger partial charge in [-0.1, -0.05) is 27.8 Å². The fraction of sp³-hybridized carbons (Fsp3) is 0.100. The van der Waals surface area contributed by atoms with Gasteiger partial charge < -0.3 is 10.8 Å². The van der Waals surface area contributed by atoms with Crippen LogP contribution in [0, 0.1) is 11.8 Å². The number of carboxylic acids is 1. The highest BCUT2D eigenvalue weighted by Crippen LogP contribution is 2.13. The lowest BCUT2D eigenvalue weighted by atomic mass is 10.1. The van der Waals surface area contributed by atoms with Gasteiger partial charge in [0.1, 0.15) is 0 Å². The summed E-state index contributed by atoms with van der Waals surface area (Å²) in [4.78, 5) is 10.6. The minimum Gasteiger partial charge on any atom is -0.478 e. The standard InChI is InChI=1S/C10H8BrNO2/c11-5-1-2-7-3-4-8(10(13)14)9(12)6-7/h3-4,6H,5,12H2,(H,13,14). The van der Waals surface area contributed by atoms with E-state index in [4.69, 9.17) is 10.8 Å². The molecule has 0 unspecified atom stereocenters. The van der Waals surface area contributed by atoms with Crippen LogP contribution in [0.3, 0.4) is 0 Å². The molecule has 14 heavy (non-hydrogen) atoms. The van der Waals surface area contributed by atoms with E-state index in [1.807, 2.05) is 0 Å². The molecule has 0 aliphatic rings. The molecular formula is C10H8BrNO2. The number of nitrogen functional groups attached to an aromatic ring is 1. The molecule has 0 spiro atoms. The van der Waals surface area contributed by atoms with Gasteiger partial charge in [0, 0.05) is 11.3 Å². The predicted molar refractivity (Wildman–Crippen MR) is 58.5 cm³/mol. The van der Waals surface area contributed by atoms with Crippen molar-refractivity contribution in [2.24, 2.45) is 0 Å². The molecule has 0 aliphatic carbocycles. The lowest BCUT2D eigenvalue weighted by Gasteiger charge is -1.99. The Hall–Kier alpha value is -1.47. The summed E-state index contributed by atoms with van der Waals surface area (Å²) in [5.74, 6) is 4.61. The highest BCUT2D eigenvalue weighted by atomic mass is 79.9. The van der Waals surface area contributed by atoms with Crippen LogP contribution in [0.5, 0.6) is 0 Å². The molecule has 3 nitrogen and oxygen atoms in total. The number of benzene rings is 1. The van der Waals surface area contributed by atoms with Gasteiger partial charge in [-0.3, -0.25) is 0 Å². The Kier molecular flexibility index (Phi) is 3.55. The van der Waals surface area contributed by atoms with Gasteiger partial charge in [-0.2, -0.15) is 0 Å². The second kappa shape index (κ2) is 4.68. The molecule has 0 amide bonds. The van der Waals surface area contributed by atoms with Crippen LogP contribution in [-0.2, 0) is 0 Å². The van der Waals surface area contributed by atoms with E-state index in [0.29, 0.717) is 10.9 Å². The van der Waals surface area contributed by atoms with Gasteiger partial charge in [0.15, 0.2) is 0 Å². The third-order valence-corrected chi connectivity index (χ3v) is 1.86. The fourth-order valence-corrected chi connectivity index (χ4v) is 1.11. The highest BCUT2D eigenvalue weighted by Gasteiger charge is 2.06. The van der Waals surface area contributed by atoms with Crippen molar-refractivity contribution in [1.82, 2.24) is 0 Å². The second-order valence-electron chi connectivity index (χ2n) is 2.54. The molecule has 0 fully saturated rings. The molecule has 0 bridgehead atoms. The van der Waals surface area contributed by atoms with Gasteiger partial charge in [0.05, 0.1) is 10.9 Å². The molecule has 0 saturated heterocycles. The van der Waals surface area contributed by atoms with E-state index in [2.05, 4.69) is 27.8 Å². The van der Waals surface area contributed by atoms with Gasteiger partial charge in [0.25, 0.3) is 0 Å². The molecule has 0 atom stereocenters. The summed E-state index contributed by atoms with van der Waals surface area (Å²) in [6.07, 6.45) is 0. The normalized spacial score (nSPS) is 8.93. The molecule has 0 heterocycles. The van der Waals surface area contributed by atoms with Crippen LogP contribution in [0.25, 0.3) is 0 Å². The quantitative estimate of drug-likeness (QED) is 0.455. The van der Waals surface area contributed by atoms with E-state index in [-0.39, 0.29) is 11.3 Å². The van der Waals surface area contributed by atoms with Crippen LogP contribution in [0.15, 0.2) is 18.2 Å². The van der Waals surface area contributed by atoms with E-state index in [1.54, 1.807) is 12.1 Å². The average molecular weight is 254 g/mol. The zero-order chi connectivity index (χ0) is 10.6. The first-order valence-corrected chi connectivity index (χ1v) is 4.95. The Balaban J connectivity index is 3.06. The maximum Gasteiger partial charge on any atom is 0.337 e. The lowest BCUT2D eigenvalue weighted by molar-refractivity contribution is 0.0698. The van der Waals surface area contributed by atoms with E-state index in [1.165, 1.54) is 6.07 Å². The molecule has 0 aromatic heterocycles. The Bertz CT molecular complexity index is 418. The number of hydrogen-bond donors (Lipinski definition) is 2. The fourth-order valence-electron chi connectivity index (χ4n) is 0.971. The van der Waals surface area contributed by atoms with Crippen LogP contribution >= 0.6 is 15.9 Å². The number of nitrogens with two attached hydrogens (primary N) is 1. The van der Waals surface area contributed by atoms with E-state index in [0.717, 1.165) is 0 Å². The van der Waals surface area contributed by atoms with Crippen LogP contribution in [0.2, 0.25) is 0 Å². The van der Waals surface area contributed by atoms with Crippen molar-refractivity contribution in [1.29, 1.82) is 0 Å². The van der Waals surface area contributed by atoms with Crippen molar-refractivity contribution in [2.75, 3.05) is 11.1 Å².